The molecule has 4 nitrogen and oxygen atoms in total. The lowest BCUT2D eigenvalue weighted by Gasteiger charge is -2.23. The Bertz CT molecular complexity index is 470. The highest BCUT2D eigenvalue weighted by molar-refractivity contribution is 5.90. The monoisotopic (exact) mass is 276 g/mol. The van der Waals surface area contributed by atoms with E-state index in [2.05, 4.69) is 12.2 Å². The second kappa shape index (κ2) is 6.64. The van der Waals surface area contributed by atoms with Gasteiger partial charge in [0.15, 0.2) is 0 Å². The van der Waals surface area contributed by atoms with Crippen molar-refractivity contribution in [2.24, 2.45) is 5.92 Å². The Morgan fingerprint density at radius 3 is 2.75 bits per heavy atom. The predicted molar refractivity (Wildman–Crippen MR) is 81.3 cm³/mol. The molecule has 0 atom stereocenters. The van der Waals surface area contributed by atoms with Gasteiger partial charge in [0.25, 0.3) is 0 Å². The standard InChI is InChI=1S/C16H24N2O2/c1-4-9-18(11-13-5-6-13)16(19)17-15-8-7-14(20-3)10-12(15)2/h7-8,10,13H,4-6,9,11H2,1-3H3,(H,17,19). The number of amides is 2. The van der Waals surface area contributed by atoms with E-state index in [1.165, 1.54) is 12.8 Å². The molecule has 20 heavy (non-hydrogen) atoms. The summed E-state index contributed by atoms with van der Waals surface area (Å²) < 4.78 is 5.18. The first-order valence-electron chi connectivity index (χ1n) is 7.34. The van der Waals surface area contributed by atoms with Gasteiger partial charge in [-0.25, -0.2) is 4.79 Å². The fourth-order valence-corrected chi connectivity index (χ4v) is 2.26. The van der Waals surface area contributed by atoms with E-state index in [0.29, 0.717) is 5.92 Å². The minimum atomic E-state index is 0.00650. The van der Waals surface area contributed by atoms with Gasteiger partial charge in [0.1, 0.15) is 5.75 Å². The van der Waals surface area contributed by atoms with Crippen molar-refractivity contribution in [3.05, 3.63) is 23.8 Å². The largest absolute Gasteiger partial charge is 0.497 e. The molecule has 0 radical (unpaired) electrons. The van der Waals surface area contributed by atoms with Gasteiger partial charge in [0, 0.05) is 18.8 Å². The van der Waals surface area contributed by atoms with E-state index < -0.39 is 0 Å². The summed E-state index contributed by atoms with van der Waals surface area (Å²) in [6.07, 6.45) is 3.51. The first kappa shape index (κ1) is 14.7. The van der Waals surface area contributed by atoms with Gasteiger partial charge in [-0.15, -0.1) is 0 Å². The minimum Gasteiger partial charge on any atom is -0.497 e. The van der Waals surface area contributed by atoms with Crippen molar-refractivity contribution in [2.45, 2.75) is 33.1 Å². The predicted octanol–water partition coefficient (Wildman–Crippen LogP) is 3.66. The van der Waals surface area contributed by atoms with Crippen molar-refractivity contribution < 1.29 is 9.53 Å². The Labute approximate surface area is 121 Å². The maximum Gasteiger partial charge on any atom is 0.321 e. The third kappa shape index (κ3) is 3.89. The Balaban J connectivity index is 2.00. The van der Waals surface area contributed by atoms with Crippen molar-refractivity contribution in [3.63, 3.8) is 0 Å². The van der Waals surface area contributed by atoms with Crippen LogP contribution in [0.15, 0.2) is 18.2 Å². The third-order valence-electron chi connectivity index (χ3n) is 3.63. The quantitative estimate of drug-likeness (QED) is 0.861. The molecule has 0 spiro atoms. The van der Waals surface area contributed by atoms with Gasteiger partial charge in [-0.3, -0.25) is 0 Å². The summed E-state index contributed by atoms with van der Waals surface area (Å²) in [5.41, 5.74) is 1.87. The van der Waals surface area contributed by atoms with Crippen LogP contribution in [-0.2, 0) is 0 Å². The SMILES string of the molecule is CCCN(CC1CC1)C(=O)Nc1ccc(OC)cc1C. The number of benzene rings is 1. The summed E-state index contributed by atoms with van der Waals surface area (Å²) in [6.45, 7) is 5.78. The van der Waals surface area contributed by atoms with Gasteiger partial charge in [-0.1, -0.05) is 6.92 Å². The molecule has 1 aromatic rings. The number of nitrogens with one attached hydrogen (secondary N) is 1. The molecule has 0 bridgehead atoms. The molecular formula is C16H24N2O2. The zero-order valence-corrected chi connectivity index (χ0v) is 12.6. The molecule has 1 aromatic carbocycles. The van der Waals surface area contributed by atoms with E-state index in [0.717, 1.165) is 36.5 Å². The number of ether oxygens (including phenoxy) is 1. The van der Waals surface area contributed by atoms with E-state index in [9.17, 15) is 4.79 Å². The third-order valence-corrected chi connectivity index (χ3v) is 3.63. The van der Waals surface area contributed by atoms with Crippen LogP contribution in [0.3, 0.4) is 0 Å². The van der Waals surface area contributed by atoms with Crippen LogP contribution in [0.2, 0.25) is 0 Å². The molecule has 2 rings (SSSR count). The molecule has 1 aliphatic rings. The van der Waals surface area contributed by atoms with Crippen molar-refractivity contribution in [3.8, 4) is 5.75 Å². The maximum atomic E-state index is 12.4. The van der Waals surface area contributed by atoms with Crippen molar-refractivity contribution in [1.29, 1.82) is 0 Å². The number of aryl methyl sites for hydroxylation is 1. The zero-order valence-electron chi connectivity index (χ0n) is 12.6. The average molecular weight is 276 g/mol. The zero-order chi connectivity index (χ0) is 14.5. The van der Waals surface area contributed by atoms with Crippen LogP contribution < -0.4 is 10.1 Å². The lowest BCUT2D eigenvalue weighted by molar-refractivity contribution is 0.209. The number of methoxy groups -OCH3 is 1. The van der Waals surface area contributed by atoms with Crippen LogP contribution >= 0.6 is 0 Å². The first-order valence-corrected chi connectivity index (χ1v) is 7.34. The summed E-state index contributed by atoms with van der Waals surface area (Å²) in [4.78, 5) is 14.3. The summed E-state index contributed by atoms with van der Waals surface area (Å²) >= 11 is 0. The van der Waals surface area contributed by atoms with Crippen molar-refractivity contribution in [2.75, 3.05) is 25.5 Å². The van der Waals surface area contributed by atoms with Gasteiger partial charge in [-0.2, -0.15) is 0 Å². The second-order valence-electron chi connectivity index (χ2n) is 5.50. The topological polar surface area (TPSA) is 41.6 Å². The number of hydrogen-bond donors (Lipinski definition) is 1. The van der Waals surface area contributed by atoms with Crippen molar-refractivity contribution >= 4 is 11.7 Å². The fraction of sp³-hybridized carbons (Fsp3) is 0.562. The van der Waals surface area contributed by atoms with Gasteiger partial charge in [-0.05, 0) is 55.9 Å². The molecular weight excluding hydrogens is 252 g/mol. The Morgan fingerprint density at radius 1 is 1.45 bits per heavy atom. The van der Waals surface area contributed by atoms with Gasteiger partial charge in [0.05, 0.1) is 7.11 Å². The molecule has 110 valence electrons. The van der Waals surface area contributed by atoms with Gasteiger partial charge in [0.2, 0.25) is 0 Å². The summed E-state index contributed by atoms with van der Waals surface area (Å²) in [5, 5.41) is 3.01. The smallest absolute Gasteiger partial charge is 0.321 e. The molecule has 1 N–H and O–H groups in total. The summed E-state index contributed by atoms with van der Waals surface area (Å²) in [5.74, 6) is 1.52. The maximum absolute atomic E-state index is 12.4. The van der Waals surface area contributed by atoms with Crippen LogP contribution in [0.5, 0.6) is 5.75 Å². The number of carbonyl (C=O) groups is 1. The van der Waals surface area contributed by atoms with E-state index in [-0.39, 0.29) is 6.03 Å². The number of carbonyl (C=O) groups excluding carboxylic acids is 1. The van der Waals surface area contributed by atoms with E-state index in [1.54, 1.807) is 7.11 Å². The van der Waals surface area contributed by atoms with Crippen LogP contribution in [-0.4, -0.2) is 31.1 Å². The molecule has 1 aliphatic carbocycles. The molecule has 0 heterocycles. The molecule has 0 aromatic heterocycles. The molecule has 1 fully saturated rings. The van der Waals surface area contributed by atoms with E-state index >= 15 is 0 Å². The number of nitrogens with zero attached hydrogens (tertiary/aromatic N) is 1. The Hall–Kier alpha value is -1.71. The highest BCUT2D eigenvalue weighted by Gasteiger charge is 2.26. The molecule has 1 saturated carbocycles. The Morgan fingerprint density at radius 2 is 2.20 bits per heavy atom. The van der Waals surface area contributed by atoms with Crippen LogP contribution in [0.1, 0.15) is 31.7 Å². The molecule has 4 heteroatoms. The number of urea groups is 1. The minimum absolute atomic E-state index is 0.00650. The number of anilines is 1. The van der Waals surface area contributed by atoms with Crippen LogP contribution in [0, 0.1) is 12.8 Å². The molecule has 0 unspecified atom stereocenters. The normalized spacial score (nSPS) is 13.9. The van der Waals surface area contributed by atoms with E-state index in [1.807, 2.05) is 30.0 Å². The second-order valence-corrected chi connectivity index (χ2v) is 5.50. The summed E-state index contributed by atoms with van der Waals surface area (Å²) in [6, 6.07) is 5.70. The van der Waals surface area contributed by atoms with Crippen LogP contribution in [0.25, 0.3) is 0 Å². The van der Waals surface area contributed by atoms with Gasteiger partial charge >= 0.3 is 6.03 Å². The number of hydrogen-bond acceptors (Lipinski definition) is 2. The molecule has 0 aliphatic heterocycles. The highest BCUT2D eigenvalue weighted by Crippen LogP contribution is 2.30. The lowest BCUT2D eigenvalue weighted by atomic mass is 10.2. The Kier molecular flexibility index (Phi) is 4.88. The highest BCUT2D eigenvalue weighted by atomic mass is 16.5. The number of rotatable bonds is 6. The fourth-order valence-electron chi connectivity index (χ4n) is 2.26. The first-order chi connectivity index (χ1) is 9.63. The lowest BCUT2D eigenvalue weighted by Crippen LogP contribution is -2.37. The van der Waals surface area contributed by atoms with Crippen LogP contribution in [0.4, 0.5) is 10.5 Å². The summed E-state index contributed by atoms with van der Waals surface area (Å²) in [7, 11) is 1.64. The van der Waals surface area contributed by atoms with Crippen molar-refractivity contribution in [1.82, 2.24) is 4.90 Å². The molecule has 0 saturated heterocycles. The van der Waals surface area contributed by atoms with Gasteiger partial charge < -0.3 is 15.0 Å². The van der Waals surface area contributed by atoms with E-state index in [4.69, 9.17) is 4.74 Å². The molecule has 2 amide bonds. The average Bonchev–Trinajstić information content (AvgIpc) is 3.24.